The number of ether oxygens (including phenoxy) is 1. The van der Waals surface area contributed by atoms with Crippen molar-refractivity contribution in [1.29, 1.82) is 0 Å². The van der Waals surface area contributed by atoms with Gasteiger partial charge in [-0.3, -0.25) is 0 Å². The highest BCUT2D eigenvalue weighted by Crippen LogP contribution is 2.38. The average molecular weight is 388 g/mol. The quantitative estimate of drug-likeness (QED) is 0.608. The molecule has 138 valence electrons. The van der Waals surface area contributed by atoms with Gasteiger partial charge >= 0.3 is 11.8 Å². The Morgan fingerprint density at radius 3 is 2.73 bits per heavy atom. The van der Waals surface area contributed by atoms with E-state index in [1.807, 2.05) is 0 Å². The molecular weight excluding hydrogens is 375 g/mol. The van der Waals surface area contributed by atoms with Crippen LogP contribution in [-0.2, 0) is 0 Å². The number of rotatable bonds is 3. The van der Waals surface area contributed by atoms with Crippen LogP contribution in [0.5, 0.6) is 5.75 Å². The van der Waals surface area contributed by atoms with Crippen LogP contribution in [0.2, 0.25) is 5.02 Å². The minimum absolute atomic E-state index is 0.0688. The van der Waals surface area contributed by atoms with Crippen LogP contribution in [0.3, 0.4) is 0 Å². The van der Waals surface area contributed by atoms with Crippen molar-refractivity contribution in [3.8, 4) is 5.75 Å². The van der Waals surface area contributed by atoms with Crippen LogP contribution >= 0.6 is 11.6 Å². The van der Waals surface area contributed by atoms with E-state index >= 15 is 0 Å². The Morgan fingerprint density at radius 2 is 2.08 bits per heavy atom. The van der Waals surface area contributed by atoms with Crippen molar-refractivity contribution in [3.63, 3.8) is 0 Å². The molecular formula is C17H13ClF3NO4. The number of hydroxylamine groups is 1. The van der Waals surface area contributed by atoms with Gasteiger partial charge in [-0.05, 0) is 37.1 Å². The molecule has 0 bridgehead atoms. The molecule has 0 radical (unpaired) electrons. The van der Waals surface area contributed by atoms with E-state index in [9.17, 15) is 18.0 Å². The van der Waals surface area contributed by atoms with Gasteiger partial charge in [0.15, 0.2) is 0 Å². The summed E-state index contributed by atoms with van der Waals surface area (Å²) in [5.74, 6) is -0.523. The molecule has 1 heterocycles. The maximum Gasteiger partial charge on any atom is 0.419 e. The molecule has 1 aromatic heterocycles. The molecule has 0 spiro atoms. The Kier molecular flexibility index (Phi) is 4.83. The molecule has 1 atom stereocenters. The number of aryl methyl sites for hydroxylation is 1. The van der Waals surface area contributed by atoms with Crippen molar-refractivity contribution in [3.05, 3.63) is 62.7 Å². The van der Waals surface area contributed by atoms with E-state index in [-0.39, 0.29) is 22.8 Å². The van der Waals surface area contributed by atoms with Crippen LogP contribution in [0.15, 0.2) is 50.9 Å². The van der Waals surface area contributed by atoms with E-state index in [1.165, 1.54) is 24.3 Å². The van der Waals surface area contributed by atoms with Gasteiger partial charge in [-0.25, -0.2) is 4.79 Å². The summed E-state index contributed by atoms with van der Waals surface area (Å²) in [5, 5.41) is 9.49. The number of alkyl halides is 3. The zero-order valence-electron chi connectivity index (χ0n) is 13.4. The molecule has 5 nitrogen and oxygen atoms in total. The van der Waals surface area contributed by atoms with Gasteiger partial charge < -0.3 is 14.4 Å². The standard InChI is InChI=1S/C17H13ClF3NO4/c1-8-4-16(23)26-14-7-15(12(18)6-10(8)14)25-13-3-2-9(22-24)5-11(13)17(19,20)21/h3-7,9,22,24H,2H2,1H3. The van der Waals surface area contributed by atoms with Gasteiger partial charge in [-0.2, -0.15) is 18.7 Å². The van der Waals surface area contributed by atoms with Crippen LogP contribution in [0.25, 0.3) is 11.0 Å². The Hall–Kier alpha value is -2.29. The second kappa shape index (κ2) is 6.79. The Morgan fingerprint density at radius 1 is 1.35 bits per heavy atom. The summed E-state index contributed by atoms with van der Waals surface area (Å²) in [6, 6.07) is 3.14. The van der Waals surface area contributed by atoms with E-state index < -0.39 is 29.2 Å². The van der Waals surface area contributed by atoms with Crippen LogP contribution in [0.4, 0.5) is 13.2 Å². The number of allylic oxidation sites excluding steroid dienone is 1. The third-order valence-electron chi connectivity index (χ3n) is 3.89. The largest absolute Gasteiger partial charge is 0.455 e. The van der Waals surface area contributed by atoms with Crippen LogP contribution in [0.1, 0.15) is 12.0 Å². The Bertz CT molecular complexity index is 978. The lowest BCUT2D eigenvalue weighted by Gasteiger charge is -2.23. The summed E-state index contributed by atoms with van der Waals surface area (Å²) in [5.41, 5.74) is 0.923. The summed E-state index contributed by atoms with van der Waals surface area (Å²) in [4.78, 5) is 11.5. The molecule has 2 aromatic rings. The third-order valence-corrected chi connectivity index (χ3v) is 4.18. The van der Waals surface area contributed by atoms with Crippen LogP contribution in [0, 0.1) is 6.92 Å². The molecule has 2 N–H and O–H groups in total. The average Bonchev–Trinajstić information content (AvgIpc) is 2.55. The summed E-state index contributed by atoms with van der Waals surface area (Å²) >= 11 is 6.13. The van der Waals surface area contributed by atoms with Crippen molar-refractivity contribution in [2.45, 2.75) is 25.6 Å². The van der Waals surface area contributed by atoms with E-state index in [0.29, 0.717) is 10.9 Å². The number of hydrogen-bond acceptors (Lipinski definition) is 5. The number of hydrogen-bond donors (Lipinski definition) is 2. The summed E-state index contributed by atoms with van der Waals surface area (Å²) < 4.78 is 50.3. The molecule has 0 saturated carbocycles. The number of benzene rings is 1. The first-order valence-electron chi connectivity index (χ1n) is 7.50. The molecule has 1 aliphatic carbocycles. The SMILES string of the molecule is Cc1cc(=O)oc2cc(OC3=CCC(NO)C=C3C(F)(F)F)c(Cl)cc12. The van der Waals surface area contributed by atoms with E-state index in [4.69, 9.17) is 26.0 Å². The minimum atomic E-state index is -4.69. The summed E-state index contributed by atoms with van der Waals surface area (Å²) in [6.07, 6.45) is -2.57. The van der Waals surface area contributed by atoms with Gasteiger partial charge in [0.05, 0.1) is 16.6 Å². The molecule has 0 aliphatic heterocycles. The fourth-order valence-electron chi connectivity index (χ4n) is 2.63. The van der Waals surface area contributed by atoms with Crippen molar-refractivity contribution in [2.75, 3.05) is 0 Å². The van der Waals surface area contributed by atoms with E-state index in [2.05, 4.69) is 0 Å². The topological polar surface area (TPSA) is 71.7 Å². The second-order valence-corrected chi connectivity index (χ2v) is 6.15. The van der Waals surface area contributed by atoms with Gasteiger partial charge in [-0.1, -0.05) is 11.6 Å². The Balaban J connectivity index is 2.03. The highest BCUT2D eigenvalue weighted by atomic mass is 35.5. The molecule has 1 unspecified atom stereocenters. The first-order valence-corrected chi connectivity index (χ1v) is 7.88. The molecule has 0 saturated heterocycles. The fraction of sp³-hybridized carbons (Fsp3) is 0.235. The third kappa shape index (κ3) is 3.62. The number of fused-ring (bicyclic) bond motifs is 1. The normalized spacial score (nSPS) is 17.8. The molecule has 3 rings (SSSR count). The monoisotopic (exact) mass is 387 g/mol. The van der Waals surface area contributed by atoms with Crippen LogP contribution in [-0.4, -0.2) is 17.4 Å². The molecule has 1 aromatic carbocycles. The first kappa shape index (κ1) is 18.5. The number of halogens is 4. The first-order chi connectivity index (χ1) is 12.2. The van der Waals surface area contributed by atoms with Crippen molar-refractivity contribution in [1.82, 2.24) is 5.48 Å². The molecule has 0 amide bonds. The maximum atomic E-state index is 13.3. The summed E-state index contributed by atoms with van der Waals surface area (Å²) in [6.45, 7) is 1.69. The second-order valence-electron chi connectivity index (χ2n) is 5.75. The van der Waals surface area contributed by atoms with E-state index in [1.54, 1.807) is 12.4 Å². The van der Waals surface area contributed by atoms with Gasteiger partial charge in [0, 0.05) is 17.5 Å². The van der Waals surface area contributed by atoms with E-state index in [0.717, 1.165) is 6.08 Å². The van der Waals surface area contributed by atoms with Gasteiger partial charge in [-0.15, -0.1) is 0 Å². The maximum absolute atomic E-state index is 13.3. The predicted octanol–water partition coefficient (Wildman–Crippen LogP) is 4.26. The van der Waals surface area contributed by atoms with Crippen molar-refractivity contribution < 1.29 is 27.5 Å². The highest BCUT2D eigenvalue weighted by Gasteiger charge is 2.39. The fourth-order valence-corrected chi connectivity index (χ4v) is 2.83. The zero-order valence-corrected chi connectivity index (χ0v) is 14.1. The van der Waals surface area contributed by atoms with Gasteiger partial charge in [0.2, 0.25) is 0 Å². The van der Waals surface area contributed by atoms with Gasteiger partial charge in [0.25, 0.3) is 0 Å². The highest BCUT2D eigenvalue weighted by molar-refractivity contribution is 6.32. The predicted molar refractivity (Wildman–Crippen MR) is 88.4 cm³/mol. The van der Waals surface area contributed by atoms with Crippen molar-refractivity contribution >= 4 is 22.6 Å². The minimum Gasteiger partial charge on any atom is -0.455 e. The van der Waals surface area contributed by atoms with Gasteiger partial charge in [0.1, 0.15) is 17.1 Å². The smallest absolute Gasteiger partial charge is 0.419 e. The molecule has 0 fully saturated rings. The summed E-state index contributed by atoms with van der Waals surface area (Å²) in [7, 11) is 0. The molecule has 9 heteroatoms. The lowest BCUT2D eigenvalue weighted by Crippen LogP contribution is -2.30. The van der Waals surface area contributed by atoms with Crippen molar-refractivity contribution in [2.24, 2.45) is 0 Å². The zero-order chi connectivity index (χ0) is 19.1. The molecule has 1 aliphatic rings. The lowest BCUT2D eigenvalue weighted by molar-refractivity contribution is -0.0929. The lowest BCUT2D eigenvalue weighted by atomic mass is 10.0. The van der Waals surface area contributed by atoms with Crippen LogP contribution < -0.4 is 15.8 Å². The number of nitrogens with one attached hydrogen (secondary N) is 1. The Labute approximate surface area is 150 Å². The molecule has 26 heavy (non-hydrogen) atoms.